The largest absolute Gasteiger partial charge is 0.573 e. The van der Waals surface area contributed by atoms with Gasteiger partial charge in [-0.1, -0.05) is 36.4 Å². The fourth-order valence-corrected chi connectivity index (χ4v) is 3.46. The Morgan fingerprint density at radius 3 is 2.26 bits per heavy atom. The summed E-state index contributed by atoms with van der Waals surface area (Å²) >= 11 is 0. The third kappa shape index (κ3) is 5.43. The van der Waals surface area contributed by atoms with Crippen LogP contribution in [0, 0.1) is 13.8 Å². The van der Waals surface area contributed by atoms with Crippen LogP contribution in [0.3, 0.4) is 0 Å². The van der Waals surface area contributed by atoms with Crippen molar-refractivity contribution in [3.05, 3.63) is 101 Å². The molecule has 172 valence electrons. The summed E-state index contributed by atoms with van der Waals surface area (Å²) in [7, 11) is 0. The van der Waals surface area contributed by atoms with Crippen molar-refractivity contribution in [1.29, 1.82) is 0 Å². The maximum absolute atomic E-state index is 12.6. The molecule has 3 aromatic carbocycles. The van der Waals surface area contributed by atoms with Crippen LogP contribution >= 0.6 is 0 Å². The Balaban J connectivity index is 1.65. The van der Waals surface area contributed by atoms with Crippen LogP contribution in [0.25, 0.3) is 17.0 Å². The summed E-state index contributed by atoms with van der Waals surface area (Å²) in [6.07, 6.45) is -1.87. The summed E-state index contributed by atoms with van der Waals surface area (Å²) < 4.78 is 47.1. The molecule has 34 heavy (non-hydrogen) atoms. The van der Waals surface area contributed by atoms with Crippen molar-refractivity contribution in [2.24, 2.45) is 0 Å². The minimum Gasteiger partial charge on any atom is -0.438 e. The van der Waals surface area contributed by atoms with Crippen molar-refractivity contribution in [2.75, 3.05) is 0 Å². The highest BCUT2D eigenvalue weighted by Gasteiger charge is 2.31. The molecular formula is C27H20F3NO3. The monoisotopic (exact) mass is 463 g/mol. The molecule has 0 aliphatic carbocycles. The van der Waals surface area contributed by atoms with Crippen LogP contribution in [0.2, 0.25) is 0 Å². The molecule has 0 N–H and O–H groups in total. The van der Waals surface area contributed by atoms with Crippen LogP contribution in [0.5, 0.6) is 17.4 Å². The van der Waals surface area contributed by atoms with Crippen molar-refractivity contribution < 1.29 is 27.4 Å². The second-order valence-corrected chi connectivity index (χ2v) is 7.67. The minimum absolute atomic E-state index is 0.219. The Kier molecular flexibility index (Phi) is 6.36. The summed E-state index contributed by atoms with van der Waals surface area (Å²) in [4.78, 5) is 17.3. The first-order valence-electron chi connectivity index (χ1n) is 10.4. The number of carbonyl (C=O) groups excluding carboxylic acids is 1. The molecule has 1 aromatic heterocycles. The molecule has 4 rings (SSSR count). The van der Waals surface area contributed by atoms with E-state index in [2.05, 4.69) is 9.72 Å². The van der Waals surface area contributed by atoms with Crippen LogP contribution in [0.4, 0.5) is 13.2 Å². The van der Waals surface area contributed by atoms with E-state index in [9.17, 15) is 18.0 Å². The smallest absolute Gasteiger partial charge is 0.438 e. The Bertz CT molecular complexity index is 1360. The van der Waals surface area contributed by atoms with E-state index in [1.807, 2.05) is 62.4 Å². The summed E-state index contributed by atoms with van der Waals surface area (Å²) in [5.41, 5.74) is 3.44. The molecule has 0 radical (unpaired) electrons. The van der Waals surface area contributed by atoms with Crippen LogP contribution in [-0.4, -0.2) is 17.1 Å². The van der Waals surface area contributed by atoms with Gasteiger partial charge in [0, 0.05) is 16.5 Å². The number of allylic oxidation sites excluding steroid dienone is 1. The molecule has 7 heteroatoms. The van der Waals surface area contributed by atoms with Gasteiger partial charge in [-0.25, -0.2) is 4.98 Å². The Labute approximate surface area is 194 Å². The molecule has 0 aliphatic rings. The molecule has 1 heterocycles. The van der Waals surface area contributed by atoms with Gasteiger partial charge in [0.25, 0.3) is 0 Å². The van der Waals surface area contributed by atoms with Crippen molar-refractivity contribution in [3.63, 3.8) is 0 Å². The summed E-state index contributed by atoms with van der Waals surface area (Å²) in [6.45, 7) is 3.88. The molecule has 0 unspecified atom stereocenters. The zero-order valence-electron chi connectivity index (χ0n) is 18.4. The van der Waals surface area contributed by atoms with Gasteiger partial charge in [-0.15, -0.1) is 13.2 Å². The van der Waals surface area contributed by atoms with Crippen LogP contribution < -0.4 is 9.47 Å². The van der Waals surface area contributed by atoms with E-state index >= 15 is 0 Å². The summed E-state index contributed by atoms with van der Waals surface area (Å²) in [6, 6.07) is 20.0. The molecular weight excluding hydrogens is 443 g/mol. The molecule has 4 aromatic rings. The third-order valence-corrected chi connectivity index (χ3v) is 5.11. The number of aryl methyl sites for hydroxylation is 2. The topological polar surface area (TPSA) is 48.4 Å². The van der Waals surface area contributed by atoms with Crippen LogP contribution in [0.15, 0.2) is 78.9 Å². The van der Waals surface area contributed by atoms with Crippen molar-refractivity contribution >= 4 is 22.8 Å². The number of nitrogens with zero attached hydrogens (tertiary/aromatic N) is 1. The van der Waals surface area contributed by atoms with Gasteiger partial charge in [-0.05, 0) is 73.5 Å². The number of hydrogen-bond donors (Lipinski definition) is 0. The predicted octanol–water partition coefficient (Wildman–Crippen LogP) is 7.44. The molecule has 0 aliphatic heterocycles. The lowest BCUT2D eigenvalue weighted by Gasteiger charge is -2.13. The number of benzene rings is 3. The molecule has 0 fully saturated rings. The molecule has 0 bridgehead atoms. The number of fused-ring (bicyclic) bond motifs is 1. The predicted molar refractivity (Wildman–Crippen MR) is 124 cm³/mol. The average Bonchev–Trinajstić information content (AvgIpc) is 2.79. The van der Waals surface area contributed by atoms with Gasteiger partial charge < -0.3 is 9.47 Å². The normalized spacial score (nSPS) is 11.7. The van der Waals surface area contributed by atoms with Crippen molar-refractivity contribution in [2.45, 2.75) is 20.2 Å². The first kappa shape index (κ1) is 23.0. The molecule has 4 nitrogen and oxygen atoms in total. The van der Waals surface area contributed by atoms with Crippen molar-refractivity contribution in [1.82, 2.24) is 4.98 Å². The van der Waals surface area contributed by atoms with E-state index in [4.69, 9.17) is 4.74 Å². The second-order valence-electron chi connectivity index (χ2n) is 7.67. The lowest BCUT2D eigenvalue weighted by Crippen LogP contribution is -2.17. The summed E-state index contributed by atoms with van der Waals surface area (Å²) in [5, 5.41) is 0.872. The number of hydrogen-bond acceptors (Lipinski definition) is 4. The third-order valence-electron chi connectivity index (χ3n) is 5.11. The minimum atomic E-state index is -4.79. The number of alkyl halides is 3. The maximum Gasteiger partial charge on any atom is 0.573 e. The van der Waals surface area contributed by atoms with E-state index in [0.29, 0.717) is 17.2 Å². The van der Waals surface area contributed by atoms with Crippen molar-refractivity contribution in [3.8, 4) is 17.4 Å². The molecule has 0 saturated carbocycles. The van der Waals surface area contributed by atoms with E-state index < -0.39 is 12.1 Å². The zero-order chi connectivity index (χ0) is 24.3. The van der Waals surface area contributed by atoms with E-state index in [1.165, 1.54) is 18.2 Å². The number of para-hydroxylation sites is 2. The zero-order valence-corrected chi connectivity index (χ0v) is 18.4. The average molecular weight is 463 g/mol. The SMILES string of the molecule is Cc1cccc(C)c1Oc1nc2ccccc2cc1/C=C/C(=O)c1ccc(OC(F)(F)F)cc1. The number of ether oxygens (including phenoxy) is 2. The van der Waals surface area contributed by atoms with E-state index in [1.54, 1.807) is 6.08 Å². The molecule has 0 atom stereocenters. The van der Waals surface area contributed by atoms with Gasteiger partial charge in [0.1, 0.15) is 11.5 Å². The fraction of sp³-hybridized carbons (Fsp3) is 0.111. The lowest BCUT2D eigenvalue weighted by molar-refractivity contribution is -0.274. The lowest BCUT2D eigenvalue weighted by atomic mass is 10.1. The van der Waals surface area contributed by atoms with E-state index in [0.717, 1.165) is 34.2 Å². The number of pyridine rings is 1. The Morgan fingerprint density at radius 1 is 0.912 bits per heavy atom. The van der Waals surface area contributed by atoms with Crippen LogP contribution in [-0.2, 0) is 0 Å². The van der Waals surface area contributed by atoms with Crippen LogP contribution in [0.1, 0.15) is 27.0 Å². The summed E-state index contributed by atoms with van der Waals surface area (Å²) in [5.74, 6) is 0.251. The second kappa shape index (κ2) is 9.39. The first-order valence-corrected chi connectivity index (χ1v) is 10.4. The van der Waals surface area contributed by atoms with Gasteiger partial charge in [0.15, 0.2) is 5.78 Å². The Morgan fingerprint density at radius 2 is 1.59 bits per heavy atom. The highest BCUT2D eigenvalue weighted by molar-refractivity contribution is 6.07. The number of halogens is 3. The molecule has 0 saturated heterocycles. The highest BCUT2D eigenvalue weighted by Crippen LogP contribution is 2.32. The molecule has 0 spiro atoms. The fourth-order valence-electron chi connectivity index (χ4n) is 3.46. The molecule has 0 amide bonds. The van der Waals surface area contributed by atoms with Gasteiger partial charge in [-0.3, -0.25) is 4.79 Å². The highest BCUT2D eigenvalue weighted by atomic mass is 19.4. The quantitative estimate of drug-likeness (QED) is 0.220. The van der Waals surface area contributed by atoms with Gasteiger partial charge in [0.05, 0.1) is 5.52 Å². The van der Waals surface area contributed by atoms with Gasteiger partial charge in [-0.2, -0.15) is 0 Å². The first-order chi connectivity index (χ1) is 16.2. The number of ketones is 1. The maximum atomic E-state index is 12.6. The Hall–Kier alpha value is -4.13. The van der Waals surface area contributed by atoms with Gasteiger partial charge >= 0.3 is 6.36 Å². The number of rotatable bonds is 6. The van der Waals surface area contributed by atoms with Gasteiger partial charge in [0.2, 0.25) is 5.88 Å². The number of carbonyl (C=O) groups is 1. The standard InChI is InChI=1S/C27H20F3NO3/c1-17-6-5-7-18(2)25(17)33-26-21(16-20-8-3-4-9-23(20)31-26)12-15-24(32)19-10-13-22(14-11-19)34-27(28,29)30/h3-16H,1-2H3/b15-12+. The van der Waals surface area contributed by atoms with E-state index in [-0.39, 0.29) is 11.3 Å². The number of aromatic nitrogens is 1.